The van der Waals surface area contributed by atoms with Gasteiger partial charge in [-0.15, -0.1) is 11.8 Å². The minimum atomic E-state index is -3.58. The molecule has 2 aromatic carbocycles. The van der Waals surface area contributed by atoms with Gasteiger partial charge in [-0.3, -0.25) is 4.79 Å². The van der Waals surface area contributed by atoms with Crippen LogP contribution in [-0.4, -0.2) is 53.8 Å². The van der Waals surface area contributed by atoms with Crippen LogP contribution in [0.4, 0.5) is 0 Å². The van der Waals surface area contributed by atoms with Crippen LogP contribution in [0.2, 0.25) is 5.02 Å². The first-order valence-corrected chi connectivity index (χ1v) is 13.2. The van der Waals surface area contributed by atoms with Crippen molar-refractivity contribution in [2.75, 3.05) is 25.4 Å². The molecule has 0 N–H and O–H groups in total. The number of sulfonamides is 1. The van der Waals surface area contributed by atoms with Crippen molar-refractivity contribution in [1.82, 2.24) is 9.21 Å². The molecule has 0 atom stereocenters. The van der Waals surface area contributed by atoms with E-state index in [0.29, 0.717) is 48.0 Å². The Kier molecular flexibility index (Phi) is 6.16. The van der Waals surface area contributed by atoms with Crippen molar-refractivity contribution in [2.24, 2.45) is 0 Å². The predicted octanol–water partition coefficient (Wildman–Crippen LogP) is 4.64. The van der Waals surface area contributed by atoms with Gasteiger partial charge in [0, 0.05) is 36.0 Å². The SMILES string of the molecule is Cc1cc(C)c(S(=O)(=O)N2CCC3(CC2)SCCN3C(=O)c2ccc(Cl)cc2)c(C)c1. The zero-order valence-electron chi connectivity index (χ0n) is 18.0. The predicted molar refractivity (Wildman–Crippen MR) is 126 cm³/mol. The number of nitrogens with zero attached hydrogens (tertiary/aromatic N) is 2. The van der Waals surface area contributed by atoms with E-state index in [1.54, 1.807) is 40.3 Å². The Bertz CT molecular complexity index is 1090. The zero-order valence-corrected chi connectivity index (χ0v) is 20.4. The van der Waals surface area contributed by atoms with Gasteiger partial charge in [-0.05, 0) is 69.0 Å². The molecular weight excluding hydrogens is 452 g/mol. The van der Waals surface area contributed by atoms with Gasteiger partial charge in [0.25, 0.3) is 5.91 Å². The molecule has 1 spiro atoms. The second-order valence-electron chi connectivity index (χ2n) is 8.39. The summed E-state index contributed by atoms with van der Waals surface area (Å²) in [7, 11) is -3.58. The Hall–Kier alpha value is -1.54. The molecule has 0 radical (unpaired) electrons. The minimum Gasteiger partial charge on any atom is -0.323 e. The molecule has 2 fully saturated rings. The number of aryl methyl sites for hydroxylation is 3. The summed E-state index contributed by atoms with van der Waals surface area (Å²) in [5.41, 5.74) is 3.25. The van der Waals surface area contributed by atoms with Crippen molar-refractivity contribution >= 4 is 39.3 Å². The van der Waals surface area contributed by atoms with Gasteiger partial charge in [0.2, 0.25) is 10.0 Å². The summed E-state index contributed by atoms with van der Waals surface area (Å²) in [5, 5.41) is 0.599. The van der Waals surface area contributed by atoms with Crippen molar-refractivity contribution in [3.8, 4) is 0 Å². The van der Waals surface area contributed by atoms with Gasteiger partial charge in [0.15, 0.2) is 0 Å². The highest BCUT2D eigenvalue weighted by Crippen LogP contribution is 2.45. The van der Waals surface area contributed by atoms with Gasteiger partial charge >= 0.3 is 0 Å². The van der Waals surface area contributed by atoms with Crippen LogP contribution in [0.25, 0.3) is 0 Å². The van der Waals surface area contributed by atoms with Gasteiger partial charge in [-0.2, -0.15) is 4.31 Å². The number of amides is 1. The highest BCUT2D eigenvalue weighted by molar-refractivity contribution is 8.00. The van der Waals surface area contributed by atoms with Crippen LogP contribution in [0.1, 0.15) is 39.9 Å². The highest BCUT2D eigenvalue weighted by atomic mass is 35.5. The molecule has 0 aliphatic carbocycles. The molecule has 8 heteroatoms. The standard InChI is InChI=1S/C23H27ClN2O3S2/c1-16-14-17(2)21(18(3)15-16)31(28,29)25-10-8-23(9-11-25)26(12-13-30-23)22(27)19-4-6-20(24)7-5-19/h4-7,14-15H,8-13H2,1-3H3. The van der Waals surface area contributed by atoms with E-state index < -0.39 is 10.0 Å². The lowest BCUT2D eigenvalue weighted by molar-refractivity contribution is 0.0605. The third-order valence-electron chi connectivity index (χ3n) is 6.22. The molecule has 2 aromatic rings. The molecular formula is C23H27ClN2O3S2. The second kappa shape index (κ2) is 8.43. The molecule has 5 nitrogen and oxygen atoms in total. The van der Waals surface area contributed by atoms with Crippen LogP contribution in [0, 0.1) is 20.8 Å². The van der Waals surface area contributed by atoms with Gasteiger partial charge in [-0.25, -0.2) is 8.42 Å². The van der Waals surface area contributed by atoms with Crippen LogP contribution >= 0.6 is 23.4 Å². The van der Waals surface area contributed by atoms with Gasteiger partial charge < -0.3 is 4.90 Å². The molecule has 0 bridgehead atoms. The summed E-state index contributed by atoms with van der Waals surface area (Å²) in [5.74, 6) is 0.852. The van der Waals surface area contributed by atoms with E-state index >= 15 is 0 Å². The lowest BCUT2D eigenvalue weighted by Crippen LogP contribution is -2.53. The number of rotatable bonds is 3. The Labute approximate surface area is 193 Å². The van der Waals surface area contributed by atoms with Crippen molar-refractivity contribution in [2.45, 2.75) is 43.4 Å². The summed E-state index contributed by atoms with van der Waals surface area (Å²) in [6, 6.07) is 10.8. The number of hydrogen-bond acceptors (Lipinski definition) is 4. The number of thioether (sulfide) groups is 1. The van der Waals surface area contributed by atoms with E-state index in [1.807, 2.05) is 37.8 Å². The summed E-state index contributed by atoms with van der Waals surface area (Å²) < 4.78 is 28.5. The Morgan fingerprint density at radius 1 is 1.00 bits per heavy atom. The molecule has 0 saturated carbocycles. The summed E-state index contributed by atoms with van der Waals surface area (Å²) in [4.78, 5) is 15.2. The average Bonchev–Trinajstić information content (AvgIpc) is 3.10. The molecule has 2 heterocycles. The first-order chi connectivity index (χ1) is 14.6. The lowest BCUT2D eigenvalue weighted by Gasteiger charge is -2.43. The molecule has 0 aromatic heterocycles. The van der Waals surface area contributed by atoms with E-state index in [-0.39, 0.29) is 10.8 Å². The first kappa shape index (κ1) is 22.6. The van der Waals surface area contributed by atoms with Crippen molar-refractivity contribution < 1.29 is 13.2 Å². The monoisotopic (exact) mass is 478 g/mol. The number of piperidine rings is 1. The highest BCUT2D eigenvalue weighted by Gasteiger charge is 2.48. The van der Waals surface area contributed by atoms with Crippen LogP contribution in [-0.2, 0) is 10.0 Å². The van der Waals surface area contributed by atoms with Gasteiger partial charge in [-0.1, -0.05) is 29.3 Å². The van der Waals surface area contributed by atoms with Gasteiger partial charge in [0.05, 0.1) is 9.77 Å². The fourth-order valence-corrected chi connectivity index (χ4v) is 8.27. The molecule has 2 aliphatic heterocycles. The van der Waals surface area contributed by atoms with Crippen LogP contribution in [0.3, 0.4) is 0 Å². The largest absolute Gasteiger partial charge is 0.323 e. The van der Waals surface area contributed by atoms with E-state index in [1.165, 1.54) is 0 Å². The van der Waals surface area contributed by atoms with E-state index in [9.17, 15) is 13.2 Å². The fraction of sp³-hybridized carbons (Fsp3) is 0.435. The third-order valence-corrected chi connectivity index (χ3v) is 10.2. The van der Waals surface area contributed by atoms with Crippen LogP contribution in [0.15, 0.2) is 41.3 Å². The maximum absolute atomic E-state index is 13.4. The lowest BCUT2D eigenvalue weighted by atomic mass is 10.0. The third kappa shape index (κ3) is 4.13. The smallest absolute Gasteiger partial charge is 0.254 e. The molecule has 2 aliphatic rings. The summed E-state index contributed by atoms with van der Waals surface area (Å²) in [6.07, 6.45) is 1.25. The topological polar surface area (TPSA) is 57.7 Å². The normalized spacial score (nSPS) is 19.2. The fourth-order valence-electron chi connectivity index (χ4n) is 4.84. The van der Waals surface area contributed by atoms with E-state index in [4.69, 9.17) is 11.6 Å². The van der Waals surface area contributed by atoms with Crippen LogP contribution < -0.4 is 0 Å². The molecule has 4 rings (SSSR count). The number of hydrogen-bond donors (Lipinski definition) is 0. The van der Waals surface area contributed by atoms with E-state index in [0.717, 1.165) is 22.4 Å². The maximum Gasteiger partial charge on any atom is 0.254 e. The summed E-state index contributed by atoms with van der Waals surface area (Å²) >= 11 is 7.74. The van der Waals surface area contributed by atoms with Crippen LogP contribution in [0.5, 0.6) is 0 Å². The zero-order chi connectivity index (χ0) is 22.4. The number of halogens is 1. The Morgan fingerprint density at radius 2 is 1.58 bits per heavy atom. The Morgan fingerprint density at radius 3 is 2.16 bits per heavy atom. The van der Waals surface area contributed by atoms with Gasteiger partial charge in [0.1, 0.15) is 0 Å². The molecule has 0 unspecified atom stereocenters. The van der Waals surface area contributed by atoms with Crippen molar-refractivity contribution in [3.63, 3.8) is 0 Å². The number of carbonyl (C=O) groups is 1. The molecule has 166 valence electrons. The second-order valence-corrected chi connectivity index (χ2v) is 12.2. The minimum absolute atomic E-state index is 0.0109. The molecule has 2 saturated heterocycles. The number of benzene rings is 2. The molecule has 1 amide bonds. The maximum atomic E-state index is 13.4. The van der Waals surface area contributed by atoms with Crippen molar-refractivity contribution in [1.29, 1.82) is 0 Å². The average molecular weight is 479 g/mol. The van der Waals surface area contributed by atoms with Crippen molar-refractivity contribution in [3.05, 3.63) is 63.7 Å². The quantitative estimate of drug-likeness (QED) is 0.645. The molecule has 31 heavy (non-hydrogen) atoms. The van der Waals surface area contributed by atoms with E-state index in [2.05, 4.69) is 0 Å². The first-order valence-electron chi connectivity index (χ1n) is 10.4. The summed E-state index contributed by atoms with van der Waals surface area (Å²) in [6.45, 7) is 7.19. The number of carbonyl (C=O) groups excluding carboxylic acids is 1. The Balaban J connectivity index is 1.55.